The summed E-state index contributed by atoms with van der Waals surface area (Å²) in [5, 5.41) is 0. The summed E-state index contributed by atoms with van der Waals surface area (Å²) in [6, 6.07) is 0. The minimum Gasteiger partial charge on any atom is -0.296 e. The number of hydrogen-bond donors (Lipinski definition) is 0. The predicted molar refractivity (Wildman–Crippen MR) is 49.7 cm³/mol. The second kappa shape index (κ2) is 2.98. The molecule has 1 saturated heterocycles. The summed E-state index contributed by atoms with van der Waals surface area (Å²) in [5.41, 5.74) is 1.98. The van der Waals surface area contributed by atoms with Crippen molar-refractivity contribution in [3.8, 4) is 0 Å². The summed E-state index contributed by atoms with van der Waals surface area (Å²) in [4.78, 5) is 2.44. The second-order valence-corrected chi connectivity index (χ2v) is 4.47. The molecule has 1 rings (SSSR count). The third kappa shape index (κ3) is 2.66. The highest BCUT2D eigenvalue weighted by Crippen LogP contribution is 2.22. The van der Waals surface area contributed by atoms with Crippen LogP contribution < -0.4 is 0 Å². The minimum absolute atomic E-state index is 0.370. The molecule has 0 spiro atoms. The molecule has 0 aliphatic carbocycles. The van der Waals surface area contributed by atoms with Crippen LogP contribution in [0.1, 0.15) is 27.7 Å². The van der Waals surface area contributed by atoms with E-state index in [1.165, 1.54) is 19.6 Å². The van der Waals surface area contributed by atoms with Crippen LogP contribution >= 0.6 is 0 Å². The normalized spacial score (nSPS) is 19.8. The summed E-state index contributed by atoms with van der Waals surface area (Å²) in [6.07, 6.45) is 2.40. The molecule has 1 nitrogen and oxygen atoms in total. The van der Waals surface area contributed by atoms with Crippen LogP contribution in [0.3, 0.4) is 0 Å². The fourth-order valence-electron chi connectivity index (χ4n) is 1.46. The van der Waals surface area contributed by atoms with Gasteiger partial charge in [-0.2, -0.15) is 0 Å². The largest absolute Gasteiger partial charge is 0.296 e. The Morgan fingerprint density at radius 2 is 1.91 bits per heavy atom. The molecule has 1 heterocycles. The van der Waals surface area contributed by atoms with E-state index < -0.39 is 0 Å². The van der Waals surface area contributed by atoms with Crippen LogP contribution in [-0.2, 0) is 0 Å². The van der Waals surface area contributed by atoms with Crippen molar-refractivity contribution >= 4 is 0 Å². The minimum atomic E-state index is 0.370. The van der Waals surface area contributed by atoms with Crippen LogP contribution in [0.25, 0.3) is 0 Å². The smallest absolute Gasteiger partial charge is 0.0209 e. The zero-order valence-corrected chi connectivity index (χ0v) is 8.15. The Hall–Kier alpha value is -0.300. The molecule has 0 atom stereocenters. The van der Waals surface area contributed by atoms with Gasteiger partial charge < -0.3 is 0 Å². The Morgan fingerprint density at radius 1 is 1.36 bits per heavy atom. The number of nitrogens with zero attached hydrogens (tertiary/aromatic N) is 1. The highest BCUT2D eigenvalue weighted by atomic mass is 15.2. The van der Waals surface area contributed by atoms with Crippen molar-refractivity contribution < 1.29 is 0 Å². The molecule has 11 heavy (non-hydrogen) atoms. The van der Waals surface area contributed by atoms with E-state index in [-0.39, 0.29) is 0 Å². The van der Waals surface area contributed by atoms with Crippen LogP contribution in [0.4, 0.5) is 0 Å². The third-order valence-electron chi connectivity index (χ3n) is 1.94. The van der Waals surface area contributed by atoms with Gasteiger partial charge in [-0.3, -0.25) is 4.90 Å². The molecule has 0 unspecified atom stereocenters. The van der Waals surface area contributed by atoms with E-state index in [2.05, 4.69) is 38.7 Å². The van der Waals surface area contributed by atoms with Gasteiger partial charge in [-0.25, -0.2) is 0 Å². The van der Waals surface area contributed by atoms with Crippen LogP contribution in [0.5, 0.6) is 0 Å². The summed E-state index contributed by atoms with van der Waals surface area (Å²) >= 11 is 0. The molecule has 1 heteroatoms. The average Bonchev–Trinajstić information content (AvgIpc) is 1.75. The van der Waals surface area contributed by atoms with Crippen LogP contribution in [-0.4, -0.2) is 24.5 Å². The molecule has 0 saturated carbocycles. The first-order chi connectivity index (χ1) is 5.01. The first-order valence-corrected chi connectivity index (χ1v) is 4.44. The molecular weight excluding hydrogens is 134 g/mol. The van der Waals surface area contributed by atoms with E-state index in [0.717, 1.165) is 0 Å². The third-order valence-corrected chi connectivity index (χ3v) is 1.94. The zero-order valence-electron chi connectivity index (χ0n) is 8.15. The maximum absolute atomic E-state index is 2.44. The Kier molecular flexibility index (Phi) is 2.38. The van der Waals surface area contributed by atoms with Crippen molar-refractivity contribution in [3.63, 3.8) is 0 Å². The molecule has 0 aromatic heterocycles. The number of hydrogen-bond acceptors (Lipinski definition) is 1. The highest BCUT2D eigenvalue weighted by Gasteiger charge is 2.19. The van der Waals surface area contributed by atoms with E-state index in [9.17, 15) is 0 Å². The van der Waals surface area contributed by atoms with E-state index >= 15 is 0 Å². The van der Waals surface area contributed by atoms with Crippen molar-refractivity contribution in [3.05, 3.63) is 11.6 Å². The lowest BCUT2D eigenvalue weighted by molar-refractivity contribution is 0.260. The fourth-order valence-corrected chi connectivity index (χ4v) is 1.46. The van der Waals surface area contributed by atoms with Crippen LogP contribution in [0, 0.1) is 5.41 Å². The van der Waals surface area contributed by atoms with Crippen molar-refractivity contribution in [1.29, 1.82) is 0 Å². The molecule has 0 N–H and O–H groups in total. The number of likely N-dealkylation sites (N-methyl/N-ethyl adjacent to an activating group) is 1. The van der Waals surface area contributed by atoms with Crippen LogP contribution in [0.2, 0.25) is 0 Å². The van der Waals surface area contributed by atoms with Gasteiger partial charge in [0.25, 0.3) is 0 Å². The van der Waals surface area contributed by atoms with Crippen LogP contribution in [0.15, 0.2) is 11.6 Å². The van der Waals surface area contributed by atoms with E-state index in [1.807, 2.05) is 0 Å². The molecule has 0 amide bonds. The Bertz CT molecular complexity index is 154. The number of rotatable bonds is 1. The van der Waals surface area contributed by atoms with Gasteiger partial charge in [-0.05, 0) is 17.5 Å². The lowest BCUT2D eigenvalue weighted by atomic mass is 9.91. The molecule has 64 valence electrons. The quantitative estimate of drug-likeness (QED) is 0.522. The molecule has 1 fully saturated rings. The van der Waals surface area contributed by atoms with Gasteiger partial charge in [0.15, 0.2) is 0 Å². The summed E-state index contributed by atoms with van der Waals surface area (Å²) in [7, 11) is 0. The van der Waals surface area contributed by atoms with Crippen molar-refractivity contribution in [2.24, 2.45) is 5.41 Å². The summed E-state index contributed by atoms with van der Waals surface area (Å²) in [5.74, 6) is 0. The predicted octanol–water partition coefficient (Wildman–Crippen LogP) is 2.29. The standard InChI is InChI=1S/C10H19N/c1-5-11-7-9(8-11)6-10(2,3)4/h6H,5,7-8H2,1-4H3. The second-order valence-electron chi connectivity index (χ2n) is 4.47. The first kappa shape index (κ1) is 8.79. The average molecular weight is 153 g/mol. The molecule has 0 aromatic rings. The Morgan fingerprint density at radius 3 is 2.27 bits per heavy atom. The Labute approximate surface area is 70.1 Å². The van der Waals surface area contributed by atoms with E-state index in [4.69, 9.17) is 0 Å². The summed E-state index contributed by atoms with van der Waals surface area (Å²) in [6.45, 7) is 12.6. The van der Waals surface area contributed by atoms with Gasteiger partial charge >= 0.3 is 0 Å². The van der Waals surface area contributed by atoms with Gasteiger partial charge in [-0.1, -0.05) is 33.8 Å². The Balaban J connectivity index is 2.37. The van der Waals surface area contributed by atoms with Crippen molar-refractivity contribution in [2.45, 2.75) is 27.7 Å². The highest BCUT2D eigenvalue weighted by molar-refractivity contribution is 5.17. The van der Waals surface area contributed by atoms with Gasteiger partial charge in [0.1, 0.15) is 0 Å². The monoisotopic (exact) mass is 153 g/mol. The first-order valence-electron chi connectivity index (χ1n) is 4.44. The van der Waals surface area contributed by atoms with Crippen molar-refractivity contribution in [2.75, 3.05) is 19.6 Å². The molecule has 1 aliphatic rings. The maximum Gasteiger partial charge on any atom is 0.0209 e. The van der Waals surface area contributed by atoms with Gasteiger partial charge in [0, 0.05) is 13.1 Å². The van der Waals surface area contributed by atoms with Gasteiger partial charge in [0.05, 0.1) is 0 Å². The number of likely N-dealkylation sites (tertiary alicyclic amines) is 1. The van der Waals surface area contributed by atoms with E-state index in [1.54, 1.807) is 5.57 Å². The topological polar surface area (TPSA) is 3.24 Å². The maximum atomic E-state index is 2.44. The zero-order chi connectivity index (χ0) is 8.48. The molecule has 0 aromatic carbocycles. The number of allylic oxidation sites excluding steroid dienone is 1. The van der Waals surface area contributed by atoms with Gasteiger partial charge in [-0.15, -0.1) is 0 Å². The van der Waals surface area contributed by atoms with E-state index in [0.29, 0.717) is 5.41 Å². The lowest BCUT2D eigenvalue weighted by Crippen LogP contribution is -2.40. The molecular formula is C10H19N. The molecule has 0 radical (unpaired) electrons. The molecule has 1 aliphatic heterocycles. The molecule has 0 bridgehead atoms. The lowest BCUT2D eigenvalue weighted by Gasteiger charge is -2.34. The van der Waals surface area contributed by atoms with Gasteiger partial charge in [0.2, 0.25) is 0 Å². The van der Waals surface area contributed by atoms with Crippen molar-refractivity contribution in [1.82, 2.24) is 4.90 Å². The SMILES string of the molecule is CCN1CC(=CC(C)(C)C)C1. The summed E-state index contributed by atoms with van der Waals surface area (Å²) < 4.78 is 0. The fraction of sp³-hybridized carbons (Fsp3) is 0.800.